The quantitative estimate of drug-likeness (QED) is 0.818. The minimum absolute atomic E-state index is 0.0499. The number of aliphatic hydroxyl groups excluding tert-OH is 1. The number of piperidine rings is 1. The van der Waals surface area contributed by atoms with Crippen LogP contribution in [0.2, 0.25) is 0 Å². The van der Waals surface area contributed by atoms with Crippen molar-refractivity contribution < 1.29 is 18.3 Å². The smallest absolute Gasteiger partial charge is 0.396 e. The molecule has 1 aliphatic rings. The maximum atomic E-state index is 12.0. The normalized spacial score (nSPS) is 20.2. The van der Waals surface area contributed by atoms with Crippen molar-refractivity contribution >= 4 is 0 Å². The number of likely N-dealkylation sites (tertiary alicyclic amines) is 1. The Bertz CT molecular complexity index is 214. The van der Waals surface area contributed by atoms with Gasteiger partial charge in [-0.3, -0.25) is 0 Å². The van der Waals surface area contributed by atoms with Gasteiger partial charge in [0.1, 0.15) is 0 Å². The van der Waals surface area contributed by atoms with Crippen LogP contribution in [0.5, 0.6) is 0 Å². The van der Waals surface area contributed by atoms with Gasteiger partial charge in [0.2, 0.25) is 0 Å². The summed E-state index contributed by atoms with van der Waals surface area (Å²) in [5, 5.41) is 11.7. The van der Waals surface area contributed by atoms with E-state index < -0.39 is 12.7 Å². The molecule has 0 radical (unpaired) electrons. The van der Waals surface area contributed by atoms with Gasteiger partial charge in [0.15, 0.2) is 0 Å². The predicted octanol–water partition coefficient (Wildman–Crippen LogP) is 1.87. The second-order valence-electron chi connectivity index (χ2n) is 4.68. The second kappa shape index (κ2) is 7.96. The summed E-state index contributed by atoms with van der Waals surface area (Å²) >= 11 is 0. The van der Waals surface area contributed by atoms with Crippen LogP contribution in [0, 0.1) is 5.41 Å². The summed E-state index contributed by atoms with van der Waals surface area (Å²) in [5.41, 5.74) is -0.377. The molecule has 0 aromatic rings. The van der Waals surface area contributed by atoms with Crippen LogP contribution in [0.25, 0.3) is 0 Å². The molecule has 18 heavy (non-hydrogen) atoms. The van der Waals surface area contributed by atoms with Crippen molar-refractivity contribution in [1.29, 1.82) is 0 Å². The SMILES string of the molecule is CC.CN1CCC(CO)(CNCC(F)(F)F)CC1. The molecule has 6 heteroatoms. The highest BCUT2D eigenvalue weighted by molar-refractivity contribution is 4.86. The molecule has 0 spiro atoms. The number of nitrogens with zero attached hydrogens (tertiary/aromatic N) is 1. The zero-order valence-electron chi connectivity index (χ0n) is 11.5. The lowest BCUT2D eigenvalue weighted by Crippen LogP contribution is -2.47. The molecule has 0 amide bonds. The van der Waals surface area contributed by atoms with E-state index in [1.807, 2.05) is 20.9 Å². The maximum Gasteiger partial charge on any atom is 0.401 e. The fourth-order valence-electron chi connectivity index (χ4n) is 1.95. The number of nitrogens with one attached hydrogen (secondary N) is 1. The standard InChI is InChI=1S/C10H19F3N2O.C2H6/c1-15-4-2-9(8-16,3-5-15)6-14-7-10(11,12)13;1-2/h14,16H,2-8H2,1H3;1-2H3. The highest BCUT2D eigenvalue weighted by Crippen LogP contribution is 2.29. The summed E-state index contributed by atoms with van der Waals surface area (Å²) in [7, 11) is 1.98. The van der Waals surface area contributed by atoms with E-state index in [1.165, 1.54) is 0 Å². The monoisotopic (exact) mass is 270 g/mol. The van der Waals surface area contributed by atoms with Gasteiger partial charge in [-0.15, -0.1) is 0 Å². The molecule has 0 aliphatic carbocycles. The minimum atomic E-state index is -4.18. The first-order chi connectivity index (χ1) is 8.37. The highest BCUT2D eigenvalue weighted by atomic mass is 19.4. The fraction of sp³-hybridized carbons (Fsp3) is 1.00. The van der Waals surface area contributed by atoms with Crippen molar-refractivity contribution in [2.75, 3.05) is 39.8 Å². The molecule has 0 atom stereocenters. The molecule has 0 aromatic carbocycles. The first kappa shape index (κ1) is 17.7. The average Bonchev–Trinajstić information content (AvgIpc) is 2.33. The number of aliphatic hydroxyl groups is 1. The lowest BCUT2D eigenvalue weighted by Gasteiger charge is -2.39. The van der Waals surface area contributed by atoms with E-state index in [1.54, 1.807) is 0 Å². The van der Waals surface area contributed by atoms with Gasteiger partial charge in [-0.1, -0.05) is 13.8 Å². The molecule has 0 saturated carbocycles. The summed E-state index contributed by atoms with van der Waals surface area (Å²) in [4.78, 5) is 2.12. The lowest BCUT2D eigenvalue weighted by atomic mass is 9.79. The van der Waals surface area contributed by atoms with Gasteiger partial charge in [0.25, 0.3) is 0 Å². The van der Waals surface area contributed by atoms with E-state index in [2.05, 4.69) is 10.2 Å². The Kier molecular flexibility index (Phi) is 7.82. The van der Waals surface area contributed by atoms with E-state index in [4.69, 9.17) is 0 Å². The highest BCUT2D eigenvalue weighted by Gasteiger charge is 2.34. The number of hydrogen-bond donors (Lipinski definition) is 2. The molecule has 0 bridgehead atoms. The number of hydrogen-bond acceptors (Lipinski definition) is 3. The van der Waals surface area contributed by atoms with Crippen LogP contribution in [0.3, 0.4) is 0 Å². The van der Waals surface area contributed by atoms with E-state index in [9.17, 15) is 18.3 Å². The largest absolute Gasteiger partial charge is 0.401 e. The van der Waals surface area contributed by atoms with E-state index in [-0.39, 0.29) is 18.6 Å². The van der Waals surface area contributed by atoms with Crippen molar-refractivity contribution in [3.63, 3.8) is 0 Å². The van der Waals surface area contributed by atoms with Crippen LogP contribution in [0.4, 0.5) is 13.2 Å². The van der Waals surface area contributed by atoms with Crippen molar-refractivity contribution in [1.82, 2.24) is 10.2 Å². The Labute approximate surface area is 107 Å². The van der Waals surface area contributed by atoms with Crippen molar-refractivity contribution in [2.45, 2.75) is 32.9 Å². The molecule has 0 aromatic heterocycles. The van der Waals surface area contributed by atoms with Gasteiger partial charge in [-0.2, -0.15) is 13.2 Å². The van der Waals surface area contributed by atoms with Gasteiger partial charge < -0.3 is 15.3 Å². The van der Waals surface area contributed by atoms with Crippen LogP contribution >= 0.6 is 0 Å². The fourth-order valence-corrected chi connectivity index (χ4v) is 1.95. The topological polar surface area (TPSA) is 35.5 Å². The predicted molar refractivity (Wildman–Crippen MR) is 66.5 cm³/mol. The summed E-state index contributed by atoms with van der Waals surface area (Å²) in [5.74, 6) is 0. The second-order valence-corrected chi connectivity index (χ2v) is 4.68. The van der Waals surface area contributed by atoms with Crippen molar-refractivity contribution in [3.05, 3.63) is 0 Å². The Morgan fingerprint density at radius 3 is 2.11 bits per heavy atom. The Morgan fingerprint density at radius 2 is 1.72 bits per heavy atom. The van der Waals surface area contributed by atoms with Crippen LogP contribution in [0.1, 0.15) is 26.7 Å². The summed E-state index contributed by atoms with van der Waals surface area (Å²) in [6.07, 6.45) is -2.70. The summed E-state index contributed by atoms with van der Waals surface area (Å²) in [6.45, 7) is 4.86. The molecule has 3 nitrogen and oxygen atoms in total. The molecule has 1 fully saturated rings. The minimum Gasteiger partial charge on any atom is -0.396 e. The Balaban J connectivity index is 0.00000137. The van der Waals surface area contributed by atoms with Crippen LogP contribution in [0.15, 0.2) is 0 Å². The Hall–Kier alpha value is -0.330. The summed E-state index contributed by atoms with van der Waals surface area (Å²) in [6, 6.07) is 0. The van der Waals surface area contributed by atoms with Crippen LogP contribution < -0.4 is 5.32 Å². The van der Waals surface area contributed by atoms with E-state index in [0.29, 0.717) is 0 Å². The molecule has 110 valence electrons. The first-order valence-corrected chi connectivity index (χ1v) is 6.44. The number of alkyl halides is 3. The number of rotatable bonds is 4. The van der Waals surface area contributed by atoms with Crippen molar-refractivity contribution in [3.8, 4) is 0 Å². The van der Waals surface area contributed by atoms with Gasteiger partial charge in [-0.05, 0) is 33.0 Å². The third-order valence-corrected chi connectivity index (χ3v) is 3.21. The van der Waals surface area contributed by atoms with E-state index >= 15 is 0 Å². The van der Waals surface area contributed by atoms with Gasteiger partial charge >= 0.3 is 6.18 Å². The third-order valence-electron chi connectivity index (χ3n) is 3.21. The molecular formula is C12H25F3N2O. The van der Waals surface area contributed by atoms with Crippen LogP contribution in [-0.4, -0.2) is 56.0 Å². The van der Waals surface area contributed by atoms with Crippen LogP contribution in [-0.2, 0) is 0 Å². The Morgan fingerprint density at radius 1 is 1.22 bits per heavy atom. The molecule has 1 saturated heterocycles. The lowest BCUT2D eigenvalue weighted by molar-refractivity contribution is -0.126. The molecule has 2 N–H and O–H groups in total. The average molecular weight is 270 g/mol. The third kappa shape index (κ3) is 6.56. The first-order valence-electron chi connectivity index (χ1n) is 6.44. The molecule has 1 aliphatic heterocycles. The van der Waals surface area contributed by atoms with Gasteiger partial charge in [0, 0.05) is 12.0 Å². The van der Waals surface area contributed by atoms with Gasteiger partial charge in [0.05, 0.1) is 13.2 Å². The molecule has 1 heterocycles. The summed E-state index contributed by atoms with van der Waals surface area (Å²) < 4.78 is 35.9. The molecule has 0 unspecified atom stereocenters. The zero-order valence-corrected chi connectivity index (χ0v) is 11.5. The maximum absolute atomic E-state index is 12.0. The zero-order chi connectivity index (χ0) is 14.2. The van der Waals surface area contributed by atoms with Gasteiger partial charge in [-0.25, -0.2) is 0 Å². The van der Waals surface area contributed by atoms with E-state index in [0.717, 1.165) is 25.9 Å². The molecule has 1 rings (SSSR count). The molecular weight excluding hydrogens is 245 g/mol. The number of halogens is 3. The van der Waals surface area contributed by atoms with Crippen molar-refractivity contribution in [2.24, 2.45) is 5.41 Å².